The molecule has 24 heavy (non-hydrogen) atoms. The minimum Gasteiger partial charge on any atom is -0.444 e. The fraction of sp³-hybridized carbons (Fsp3) is 0.882. The molecule has 138 valence electrons. The number of hydrogen-bond donors (Lipinski definition) is 2. The van der Waals surface area contributed by atoms with Gasteiger partial charge in [-0.15, -0.1) is 0 Å². The summed E-state index contributed by atoms with van der Waals surface area (Å²) in [5.74, 6) is 1.72. The fourth-order valence-corrected chi connectivity index (χ4v) is 2.60. The van der Waals surface area contributed by atoms with Gasteiger partial charge in [-0.25, -0.2) is 4.79 Å². The zero-order valence-corrected chi connectivity index (χ0v) is 15.6. The molecule has 2 N–H and O–H groups in total. The average Bonchev–Trinajstić information content (AvgIpc) is 3.34. The van der Waals surface area contributed by atoms with Gasteiger partial charge in [0.05, 0.1) is 0 Å². The Morgan fingerprint density at radius 2 is 1.83 bits per heavy atom. The van der Waals surface area contributed by atoms with E-state index in [-0.39, 0.29) is 6.09 Å². The number of piperazine rings is 1. The molecule has 0 radical (unpaired) electrons. The van der Waals surface area contributed by atoms with E-state index in [1.54, 1.807) is 4.90 Å². The van der Waals surface area contributed by atoms with Crippen molar-refractivity contribution in [2.24, 2.45) is 10.9 Å². The van der Waals surface area contributed by atoms with Crippen LogP contribution in [-0.2, 0) is 4.74 Å². The molecule has 1 aliphatic heterocycles. The summed E-state index contributed by atoms with van der Waals surface area (Å²) in [6.07, 6.45) is 2.47. The van der Waals surface area contributed by atoms with Gasteiger partial charge in [-0.05, 0) is 39.5 Å². The molecule has 0 aromatic heterocycles. The first-order valence-corrected chi connectivity index (χ1v) is 9.02. The Labute approximate surface area is 145 Å². The fourth-order valence-electron chi connectivity index (χ4n) is 2.60. The van der Waals surface area contributed by atoms with Crippen molar-refractivity contribution in [2.45, 2.75) is 39.2 Å². The van der Waals surface area contributed by atoms with Gasteiger partial charge in [0, 0.05) is 52.9 Å². The maximum atomic E-state index is 12.0. The lowest BCUT2D eigenvalue weighted by atomic mass is 10.2. The minimum absolute atomic E-state index is 0.204. The summed E-state index contributed by atoms with van der Waals surface area (Å²) in [7, 11) is 1.81. The van der Waals surface area contributed by atoms with Crippen LogP contribution in [0.4, 0.5) is 4.79 Å². The van der Waals surface area contributed by atoms with Crippen molar-refractivity contribution in [3.8, 4) is 0 Å². The molecule has 7 heteroatoms. The van der Waals surface area contributed by atoms with Crippen molar-refractivity contribution in [1.29, 1.82) is 0 Å². The van der Waals surface area contributed by atoms with Gasteiger partial charge in [0.25, 0.3) is 0 Å². The largest absolute Gasteiger partial charge is 0.444 e. The predicted octanol–water partition coefficient (Wildman–Crippen LogP) is 1.11. The molecule has 2 aliphatic rings. The number of aliphatic imine (C=N–C) groups is 1. The number of nitrogens with one attached hydrogen (secondary N) is 2. The normalized spacial score (nSPS) is 20.0. The van der Waals surface area contributed by atoms with E-state index in [1.807, 2.05) is 27.8 Å². The number of hydrogen-bond acceptors (Lipinski definition) is 4. The molecule has 7 nitrogen and oxygen atoms in total. The van der Waals surface area contributed by atoms with E-state index in [0.29, 0.717) is 0 Å². The standard InChI is InChI=1S/C17H33N5O2/c1-17(2,3)24-16(23)22-11-9-21(10-12-22)8-7-19-15(18-4)20-13-14-5-6-14/h14H,5-13H2,1-4H3,(H2,18,19,20). The van der Waals surface area contributed by atoms with Gasteiger partial charge in [0.15, 0.2) is 5.96 Å². The van der Waals surface area contributed by atoms with Crippen molar-refractivity contribution in [3.05, 3.63) is 0 Å². The molecule has 1 amide bonds. The molecular weight excluding hydrogens is 306 g/mol. The molecule has 1 aliphatic carbocycles. The van der Waals surface area contributed by atoms with E-state index in [2.05, 4.69) is 20.5 Å². The topological polar surface area (TPSA) is 69.2 Å². The van der Waals surface area contributed by atoms with E-state index in [4.69, 9.17) is 4.74 Å². The Balaban J connectivity index is 1.59. The number of carbonyl (C=O) groups is 1. The number of ether oxygens (including phenoxy) is 1. The van der Waals surface area contributed by atoms with Crippen molar-refractivity contribution < 1.29 is 9.53 Å². The predicted molar refractivity (Wildman–Crippen MR) is 96.3 cm³/mol. The molecule has 0 unspecified atom stereocenters. The van der Waals surface area contributed by atoms with Crippen LogP contribution in [0.25, 0.3) is 0 Å². The summed E-state index contributed by atoms with van der Waals surface area (Å²) in [4.78, 5) is 20.4. The van der Waals surface area contributed by atoms with Crippen LogP contribution >= 0.6 is 0 Å². The molecule has 1 saturated heterocycles. The van der Waals surface area contributed by atoms with Gasteiger partial charge in [0.1, 0.15) is 5.60 Å². The second-order valence-electron chi connectivity index (χ2n) is 7.63. The maximum Gasteiger partial charge on any atom is 0.410 e. The van der Waals surface area contributed by atoms with E-state index < -0.39 is 5.60 Å². The second-order valence-corrected chi connectivity index (χ2v) is 7.63. The lowest BCUT2D eigenvalue weighted by Crippen LogP contribution is -2.51. The molecule has 0 atom stereocenters. The summed E-state index contributed by atoms with van der Waals surface area (Å²) >= 11 is 0. The quantitative estimate of drug-likeness (QED) is 0.580. The number of guanidine groups is 1. The maximum absolute atomic E-state index is 12.0. The van der Waals surface area contributed by atoms with E-state index in [0.717, 1.165) is 57.7 Å². The Bertz CT molecular complexity index is 435. The van der Waals surface area contributed by atoms with Crippen LogP contribution in [0.5, 0.6) is 0 Å². The molecular formula is C17H33N5O2. The summed E-state index contributed by atoms with van der Waals surface area (Å²) in [5, 5.41) is 6.72. The summed E-state index contributed by atoms with van der Waals surface area (Å²) in [5.41, 5.74) is -0.429. The lowest BCUT2D eigenvalue weighted by Gasteiger charge is -2.35. The molecule has 0 aromatic carbocycles. The molecule has 0 aromatic rings. The zero-order chi connectivity index (χ0) is 17.6. The number of nitrogens with zero attached hydrogens (tertiary/aromatic N) is 3. The molecule has 2 fully saturated rings. The smallest absolute Gasteiger partial charge is 0.410 e. The Morgan fingerprint density at radius 3 is 2.38 bits per heavy atom. The Morgan fingerprint density at radius 1 is 1.17 bits per heavy atom. The first-order chi connectivity index (χ1) is 11.4. The zero-order valence-electron chi connectivity index (χ0n) is 15.6. The highest BCUT2D eigenvalue weighted by molar-refractivity contribution is 5.79. The average molecular weight is 339 g/mol. The van der Waals surface area contributed by atoms with Crippen molar-refractivity contribution in [2.75, 3.05) is 52.9 Å². The Hall–Kier alpha value is -1.50. The molecule has 0 spiro atoms. The third-order valence-electron chi connectivity index (χ3n) is 4.22. The highest BCUT2D eigenvalue weighted by Crippen LogP contribution is 2.27. The SMILES string of the molecule is CN=C(NCCN1CCN(C(=O)OC(C)(C)C)CC1)NCC1CC1. The van der Waals surface area contributed by atoms with Crippen LogP contribution in [-0.4, -0.2) is 80.3 Å². The van der Waals surface area contributed by atoms with Crippen LogP contribution in [0.2, 0.25) is 0 Å². The number of amides is 1. The first-order valence-electron chi connectivity index (χ1n) is 9.02. The van der Waals surface area contributed by atoms with Crippen LogP contribution in [0.15, 0.2) is 4.99 Å². The first kappa shape index (κ1) is 18.8. The molecule has 1 heterocycles. The lowest BCUT2D eigenvalue weighted by molar-refractivity contribution is 0.0147. The van der Waals surface area contributed by atoms with Crippen LogP contribution < -0.4 is 10.6 Å². The highest BCUT2D eigenvalue weighted by atomic mass is 16.6. The summed E-state index contributed by atoms with van der Waals surface area (Å²) < 4.78 is 5.42. The van der Waals surface area contributed by atoms with E-state index >= 15 is 0 Å². The van der Waals surface area contributed by atoms with E-state index in [1.165, 1.54) is 12.8 Å². The van der Waals surface area contributed by atoms with Gasteiger partial charge < -0.3 is 20.3 Å². The highest BCUT2D eigenvalue weighted by Gasteiger charge is 2.25. The van der Waals surface area contributed by atoms with Crippen LogP contribution in [0.1, 0.15) is 33.6 Å². The number of carbonyl (C=O) groups excluding carboxylic acids is 1. The Kier molecular flexibility index (Phi) is 6.71. The van der Waals surface area contributed by atoms with Crippen molar-refractivity contribution >= 4 is 12.1 Å². The third kappa shape index (κ3) is 6.95. The van der Waals surface area contributed by atoms with Gasteiger partial charge >= 0.3 is 6.09 Å². The third-order valence-corrected chi connectivity index (χ3v) is 4.22. The molecule has 1 saturated carbocycles. The van der Waals surface area contributed by atoms with Crippen LogP contribution in [0, 0.1) is 5.92 Å². The van der Waals surface area contributed by atoms with Gasteiger partial charge in [-0.1, -0.05) is 0 Å². The monoisotopic (exact) mass is 339 g/mol. The second kappa shape index (κ2) is 8.55. The summed E-state index contributed by atoms with van der Waals surface area (Å²) in [6, 6.07) is 0. The molecule has 0 bridgehead atoms. The van der Waals surface area contributed by atoms with E-state index in [9.17, 15) is 4.79 Å². The summed E-state index contributed by atoms with van der Waals surface area (Å²) in [6.45, 7) is 11.7. The molecule has 2 rings (SSSR count). The number of rotatable bonds is 5. The van der Waals surface area contributed by atoms with Crippen molar-refractivity contribution in [3.63, 3.8) is 0 Å². The van der Waals surface area contributed by atoms with Crippen molar-refractivity contribution in [1.82, 2.24) is 20.4 Å². The minimum atomic E-state index is -0.429. The van der Waals surface area contributed by atoms with Gasteiger partial charge in [-0.3, -0.25) is 9.89 Å². The van der Waals surface area contributed by atoms with Gasteiger partial charge in [0.2, 0.25) is 0 Å². The van der Waals surface area contributed by atoms with Crippen LogP contribution in [0.3, 0.4) is 0 Å². The van der Waals surface area contributed by atoms with Gasteiger partial charge in [-0.2, -0.15) is 0 Å².